The molecule has 104 valence electrons. The predicted octanol–water partition coefficient (Wildman–Crippen LogP) is 1.70. The minimum absolute atomic E-state index is 0.0997. The summed E-state index contributed by atoms with van der Waals surface area (Å²) >= 11 is 0. The third-order valence-electron chi connectivity index (χ3n) is 3.76. The summed E-state index contributed by atoms with van der Waals surface area (Å²) < 4.78 is 13.7. The number of nitrogens with zero attached hydrogens (tertiary/aromatic N) is 2. The molecule has 1 N–H and O–H groups in total. The molecule has 2 rings (SSSR count). The molecule has 0 bridgehead atoms. The molecule has 0 aromatic heterocycles. The first-order valence-electron chi connectivity index (χ1n) is 6.44. The van der Waals surface area contributed by atoms with Crippen molar-refractivity contribution in [3.63, 3.8) is 0 Å². The fourth-order valence-electron chi connectivity index (χ4n) is 2.45. The Morgan fingerprint density at radius 1 is 1.42 bits per heavy atom. The summed E-state index contributed by atoms with van der Waals surface area (Å²) in [5.41, 5.74) is -0.232. The summed E-state index contributed by atoms with van der Waals surface area (Å²) in [5.74, 6) is -1.43. The lowest BCUT2D eigenvalue weighted by atomic mass is 10.0. The van der Waals surface area contributed by atoms with Crippen molar-refractivity contribution in [2.45, 2.75) is 18.9 Å². The molecule has 19 heavy (non-hydrogen) atoms. The molecule has 1 aliphatic heterocycles. The Morgan fingerprint density at radius 3 is 2.63 bits per heavy atom. The van der Waals surface area contributed by atoms with Crippen LogP contribution in [0.4, 0.5) is 4.39 Å². The van der Waals surface area contributed by atoms with Gasteiger partial charge in [0.1, 0.15) is 17.1 Å². The van der Waals surface area contributed by atoms with E-state index in [-0.39, 0.29) is 17.4 Å². The Morgan fingerprint density at radius 2 is 2.05 bits per heavy atom. The normalized spacial score (nSPS) is 17.4. The molecule has 1 heterocycles. The number of rotatable bonds is 2. The molecular weight excluding hydrogens is 247 g/mol. The maximum absolute atomic E-state index is 13.7. The van der Waals surface area contributed by atoms with Crippen LogP contribution in [-0.2, 0) is 0 Å². The van der Waals surface area contributed by atoms with Crippen molar-refractivity contribution in [2.75, 3.05) is 27.2 Å². The van der Waals surface area contributed by atoms with Crippen molar-refractivity contribution in [1.82, 2.24) is 9.80 Å². The number of likely N-dealkylation sites (tertiary alicyclic amines) is 1. The van der Waals surface area contributed by atoms with Gasteiger partial charge >= 0.3 is 0 Å². The maximum atomic E-state index is 13.7. The average molecular weight is 266 g/mol. The van der Waals surface area contributed by atoms with Crippen molar-refractivity contribution in [3.05, 3.63) is 29.6 Å². The first-order valence-corrected chi connectivity index (χ1v) is 6.44. The number of piperidine rings is 1. The molecule has 0 radical (unpaired) electrons. The van der Waals surface area contributed by atoms with Crippen LogP contribution in [0.3, 0.4) is 0 Å². The van der Waals surface area contributed by atoms with Gasteiger partial charge in [0.25, 0.3) is 5.91 Å². The second-order valence-corrected chi connectivity index (χ2v) is 5.08. The standard InChI is InChI=1S/C14H19FN2O2/c1-16-8-6-10(7-9-16)17(2)14(19)13-11(15)4-3-5-12(13)18/h3-5,10,18H,6-9H2,1-2H3. The van der Waals surface area contributed by atoms with Gasteiger partial charge in [-0.25, -0.2) is 4.39 Å². The lowest BCUT2D eigenvalue weighted by Crippen LogP contribution is -2.44. The van der Waals surface area contributed by atoms with Gasteiger partial charge in [-0.1, -0.05) is 6.07 Å². The van der Waals surface area contributed by atoms with E-state index < -0.39 is 11.7 Å². The Bertz CT molecular complexity index is 450. The molecule has 0 saturated carbocycles. The van der Waals surface area contributed by atoms with Crippen LogP contribution in [-0.4, -0.2) is 54.0 Å². The third kappa shape index (κ3) is 2.87. The van der Waals surface area contributed by atoms with Crippen molar-refractivity contribution in [2.24, 2.45) is 0 Å². The summed E-state index contributed by atoms with van der Waals surface area (Å²) in [6.07, 6.45) is 1.74. The number of hydrogen-bond donors (Lipinski definition) is 1. The van der Waals surface area contributed by atoms with Gasteiger partial charge in [0, 0.05) is 13.1 Å². The van der Waals surface area contributed by atoms with Crippen LogP contribution in [0.2, 0.25) is 0 Å². The lowest BCUT2D eigenvalue weighted by Gasteiger charge is -2.35. The second kappa shape index (κ2) is 5.57. The fourth-order valence-corrected chi connectivity index (χ4v) is 2.45. The van der Waals surface area contributed by atoms with E-state index >= 15 is 0 Å². The molecule has 4 nitrogen and oxygen atoms in total. The zero-order valence-corrected chi connectivity index (χ0v) is 11.3. The van der Waals surface area contributed by atoms with Crippen LogP contribution in [0, 0.1) is 5.82 Å². The van der Waals surface area contributed by atoms with E-state index in [1.165, 1.54) is 18.2 Å². The van der Waals surface area contributed by atoms with E-state index in [0.717, 1.165) is 25.9 Å². The molecule has 1 amide bonds. The smallest absolute Gasteiger partial charge is 0.260 e. The molecule has 1 aliphatic rings. The van der Waals surface area contributed by atoms with Crippen LogP contribution in [0.15, 0.2) is 18.2 Å². The van der Waals surface area contributed by atoms with Gasteiger partial charge in [0.05, 0.1) is 0 Å². The SMILES string of the molecule is CN1CCC(N(C)C(=O)c2c(O)cccc2F)CC1. The fraction of sp³-hybridized carbons (Fsp3) is 0.500. The highest BCUT2D eigenvalue weighted by molar-refractivity contribution is 5.97. The van der Waals surface area contributed by atoms with Crippen molar-refractivity contribution in [1.29, 1.82) is 0 Å². The Hall–Kier alpha value is -1.62. The minimum Gasteiger partial charge on any atom is -0.507 e. The molecule has 0 unspecified atom stereocenters. The number of aromatic hydroxyl groups is 1. The highest BCUT2D eigenvalue weighted by Gasteiger charge is 2.27. The maximum Gasteiger partial charge on any atom is 0.260 e. The molecule has 1 saturated heterocycles. The van der Waals surface area contributed by atoms with E-state index in [4.69, 9.17) is 0 Å². The zero-order valence-electron chi connectivity index (χ0n) is 11.3. The molecular formula is C14H19FN2O2. The molecule has 0 aliphatic carbocycles. The number of hydrogen-bond acceptors (Lipinski definition) is 3. The number of carbonyl (C=O) groups is 1. The van der Waals surface area contributed by atoms with Gasteiger partial charge in [-0.15, -0.1) is 0 Å². The Labute approximate surface area is 112 Å². The van der Waals surface area contributed by atoms with Gasteiger partial charge in [0.2, 0.25) is 0 Å². The average Bonchev–Trinajstić information content (AvgIpc) is 2.38. The summed E-state index contributed by atoms with van der Waals surface area (Å²) in [6.45, 7) is 1.84. The second-order valence-electron chi connectivity index (χ2n) is 5.08. The van der Waals surface area contributed by atoms with E-state index in [0.29, 0.717) is 0 Å². The van der Waals surface area contributed by atoms with Gasteiger partial charge in [-0.05, 0) is 45.1 Å². The number of carbonyl (C=O) groups excluding carboxylic acids is 1. The van der Waals surface area contributed by atoms with Crippen LogP contribution in [0.25, 0.3) is 0 Å². The zero-order chi connectivity index (χ0) is 14.0. The van der Waals surface area contributed by atoms with Gasteiger partial charge < -0.3 is 14.9 Å². The van der Waals surface area contributed by atoms with Gasteiger partial charge in [-0.3, -0.25) is 4.79 Å². The summed E-state index contributed by atoms with van der Waals surface area (Å²) in [7, 11) is 3.71. The molecule has 0 spiro atoms. The first kappa shape index (κ1) is 13.8. The van der Waals surface area contributed by atoms with Gasteiger partial charge in [0.15, 0.2) is 0 Å². The minimum atomic E-state index is -0.676. The number of benzene rings is 1. The third-order valence-corrected chi connectivity index (χ3v) is 3.76. The Kier molecular flexibility index (Phi) is 4.04. The van der Waals surface area contributed by atoms with Crippen molar-refractivity contribution >= 4 is 5.91 Å². The van der Waals surface area contributed by atoms with Crippen LogP contribution in [0.5, 0.6) is 5.75 Å². The van der Waals surface area contributed by atoms with E-state index in [1.54, 1.807) is 11.9 Å². The molecule has 1 aromatic carbocycles. The van der Waals surface area contributed by atoms with Crippen molar-refractivity contribution in [3.8, 4) is 5.75 Å². The first-order chi connectivity index (χ1) is 9.00. The number of amides is 1. The highest BCUT2D eigenvalue weighted by Crippen LogP contribution is 2.24. The highest BCUT2D eigenvalue weighted by atomic mass is 19.1. The largest absolute Gasteiger partial charge is 0.507 e. The molecule has 0 atom stereocenters. The lowest BCUT2D eigenvalue weighted by molar-refractivity contribution is 0.0652. The van der Waals surface area contributed by atoms with E-state index in [2.05, 4.69) is 4.90 Å². The molecule has 1 fully saturated rings. The van der Waals surface area contributed by atoms with Crippen LogP contribution < -0.4 is 0 Å². The Balaban J connectivity index is 2.15. The number of halogens is 1. The monoisotopic (exact) mass is 266 g/mol. The summed E-state index contributed by atoms with van der Waals surface area (Å²) in [5, 5.41) is 9.66. The van der Waals surface area contributed by atoms with Crippen molar-refractivity contribution < 1.29 is 14.3 Å². The number of phenols is 1. The van der Waals surface area contributed by atoms with Crippen LogP contribution >= 0.6 is 0 Å². The van der Waals surface area contributed by atoms with E-state index in [1.807, 2.05) is 7.05 Å². The summed E-state index contributed by atoms with van der Waals surface area (Å²) in [4.78, 5) is 16.0. The molecule has 5 heteroatoms. The van der Waals surface area contributed by atoms with E-state index in [9.17, 15) is 14.3 Å². The molecule has 1 aromatic rings. The van der Waals surface area contributed by atoms with Crippen LogP contribution in [0.1, 0.15) is 23.2 Å². The van der Waals surface area contributed by atoms with Gasteiger partial charge in [-0.2, -0.15) is 0 Å². The quantitative estimate of drug-likeness (QED) is 0.886. The number of phenolic OH excluding ortho intramolecular Hbond substituents is 1. The predicted molar refractivity (Wildman–Crippen MR) is 70.7 cm³/mol. The summed E-state index contributed by atoms with van der Waals surface area (Å²) in [6, 6.07) is 4.01. The topological polar surface area (TPSA) is 43.8 Å².